The van der Waals surface area contributed by atoms with E-state index in [9.17, 15) is 4.79 Å². The van der Waals surface area contributed by atoms with Crippen LogP contribution < -0.4 is 0 Å². The Bertz CT molecular complexity index is 361. The summed E-state index contributed by atoms with van der Waals surface area (Å²) in [5.41, 5.74) is 1.27. The lowest BCUT2D eigenvalue weighted by Gasteiger charge is -1.97. The van der Waals surface area contributed by atoms with Gasteiger partial charge in [-0.3, -0.25) is 0 Å². The second kappa shape index (κ2) is 4.13. The number of carbonyl (C=O) groups excluding carboxylic acids is 1. The number of ether oxygens (including phenoxy) is 1. The van der Waals surface area contributed by atoms with Crippen LogP contribution in [0, 0.1) is 6.92 Å². The van der Waals surface area contributed by atoms with E-state index in [0.29, 0.717) is 23.7 Å². The molecule has 0 bridgehead atoms. The summed E-state index contributed by atoms with van der Waals surface area (Å²) in [6, 6.07) is 1.66. The SMILES string of the molecule is C=C(C)c1cc(C(=O)OCC)c(C)o1. The largest absolute Gasteiger partial charge is 0.462 e. The molecule has 1 aromatic heterocycles. The molecule has 1 heterocycles. The number of aryl methyl sites for hydroxylation is 1. The standard InChI is InChI=1S/C11H14O3/c1-5-13-11(12)9-6-10(7(2)3)14-8(9)4/h6H,2,5H2,1,3-4H3. The third-order valence-corrected chi connectivity index (χ3v) is 1.83. The minimum absolute atomic E-state index is 0.346. The van der Waals surface area contributed by atoms with Crippen molar-refractivity contribution >= 4 is 11.5 Å². The zero-order valence-corrected chi connectivity index (χ0v) is 8.72. The van der Waals surface area contributed by atoms with Gasteiger partial charge in [-0.1, -0.05) is 6.58 Å². The maximum atomic E-state index is 11.4. The molecule has 0 saturated heterocycles. The summed E-state index contributed by atoms with van der Waals surface area (Å²) >= 11 is 0. The van der Waals surface area contributed by atoms with E-state index < -0.39 is 0 Å². The van der Waals surface area contributed by atoms with Gasteiger partial charge in [-0.05, 0) is 32.4 Å². The van der Waals surface area contributed by atoms with Crippen molar-refractivity contribution in [1.82, 2.24) is 0 Å². The van der Waals surface area contributed by atoms with E-state index in [1.54, 1.807) is 19.9 Å². The van der Waals surface area contributed by atoms with E-state index in [0.717, 1.165) is 5.57 Å². The van der Waals surface area contributed by atoms with Crippen molar-refractivity contribution in [3.05, 3.63) is 29.7 Å². The Hall–Kier alpha value is -1.51. The van der Waals surface area contributed by atoms with Gasteiger partial charge in [0.05, 0.1) is 6.61 Å². The van der Waals surface area contributed by atoms with E-state index in [1.807, 2.05) is 6.92 Å². The molecule has 0 aliphatic carbocycles. The fourth-order valence-electron chi connectivity index (χ4n) is 1.10. The van der Waals surface area contributed by atoms with E-state index in [4.69, 9.17) is 9.15 Å². The molecule has 0 radical (unpaired) electrons. The molecule has 0 fully saturated rings. The Labute approximate surface area is 83.4 Å². The van der Waals surface area contributed by atoms with Gasteiger partial charge in [0, 0.05) is 0 Å². The topological polar surface area (TPSA) is 39.4 Å². The number of furan rings is 1. The minimum atomic E-state index is -0.346. The van der Waals surface area contributed by atoms with Crippen molar-refractivity contribution in [2.75, 3.05) is 6.61 Å². The average molecular weight is 194 g/mol. The van der Waals surface area contributed by atoms with Gasteiger partial charge in [-0.25, -0.2) is 4.79 Å². The highest BCUT2D eigenvalue weighted by atomic mass is 16.5. The quantitative estimate of drug-likeness (QED) is 0.694. The molecule has 0 saturated carbocycles. The van der Waals surface area contributed by atoms with Gasteiger partial charge in [0.25, 0.3) is 0 Å². The van der Waals surface area contributed by atoms with Crippen LogP contribution in [0.25, 0.3) is 5.57 Å². The molecule has 0 aliphatic heterocycles. The predicted molar refractivity (Wildman–Crippen MR) is 54.1 cm³/mol. The van der Waals surface area contributed by atoms with Crippen LogP contribution >= 0.6 is 0 Å². The normalized spacial score (nSPS) is 9.93. The Morgan fingerprint density at radius 1 is 1.64 bits per heavy atom. The van der Waals surface area contributed by atoms with Gasteiger partial charge < -0.3 is 9.15 Å². The fraction of sp³-hybridized carbons (Fsp3) is 0.364. The third-order valence-electron chi connectivity index (χ3n) is 1.83. The highest BCUT2D eigenvalue weighted by Crippen LogP contribution is 2.20. The van der Waals surface area contributed by atoms with E-state index >= 15 is 0 Å². The van der Waals surface area contributed by atoms with Crippen LogP contribution in [0.4, 0.5) is 0 Å². The third kappa shape index (κ3) is 2.05. The average Bonchev–Trinajstić information content (AvgIpc) is 2.48. The second-order valence-corrected chi connectivity index (χ2v) is 3.08. The first-order chi connectivity index (χ1) is 6.56. The Kier molecular flexibility index (Phi) is 3.12. The monoisotopic (exact) mass is 194 g/mol. The molecule has 0 N–H and O–H groups in total. The summed E-state index contributed by atoms with van der Waals surface area (Å²) in [6.45, 7) is 9.44. The molecule has 0 spiro atoms. The molecule has 14 heavy (non-hydrogen) atoms. The lowest BCUT2D eigenvalue weighted by atomic mass is 10.2. The summed E-state index contributed by atoms with van der Waals surface area (Å²) in [6.07, 6.45) is 0. The number of hydrogen-bond donors (Lipinski definition) is 0. The van der Waals surface area contributed by atoms with Crippen LogP contribution in [0.5, 0.6) is 0 Å². The van der Waals surface area contributed by atoms with Crippen molar-refractivity contribution in [3.63, 3.8) is 0 Å². The number of esters is 1. The summed E-state index contributed by atoms with van der Waals surface area (Å²) in [5.74, 6) is 0.855. The van der Waals surface area contributed by atoms with Crippen molar-refractivity contribution in [2.45, 2.75) is 20.8 Å². The lowest BCUT2D eigenvalue weighted by molar-refractivity contribution is 0.0524. The molecule has 1 aromatic rings. The minimum Gasteiger partial charge on any atom is -0.462 e. The molecule has 3 nitrogen and oxygen atoms in total. The Balaban J connectivity index is 2.98. The highest BCUT2D eigenvalue weighted by molar-refractivity contribution is 5.91. The summed E-state index contributed by atoms with van der Waals surface area (Å²) < 4.78 is 10.2. The first-order valence-electron chi connectivity index (χ1n) is 4.49. The van der Waals surface area contributed by atoms with Crippen LogP contribution in [0.15, 0.2) is 17.1 Å². The maximum absolute atomic E-state index is 11.4. The highest BCUT2D eigenvalue weighted by Gasteiger charge is 2.15. The molecule has 1 rings (SSSR count). The Morgan fingerprint density at radius 2 is 2.29 bits per heavy atom. The van der Waals surface area contributed by atoms with Crippen molar-refractivity contribution in [3.8, 4) is 0 Å². The van der Waals surface area contributed by atoms with Gasteiger partial charge >= 0.3 is 5.97 Å². The zero-order chi connectivity index (χ0) is 10.7. The van der Waals surface area contributed by atoms with Gasteiger partial charge in [-0.2, -0.15) is 0 Å². The van der Waals surface area contributed by atoms with Crippen molar-refractivity contribution < 1.29 is 13.9 Å². The second-order valence-electron chi connectivity index (χ2n) is 3.08. The first-order valence-corrected chi connectivity index (χ1v) is 4.49. The van der Waals surface area contributed by atoms with Crippen molar-refractivity contribution in [1.29, 1.82) is 0 Å². The van der Waals surface area contributed by atoms with Crippen LogP contribution in [0.2, 0.25) is 0 Å². The van der Waals surface area contributed by atoms with Gasteiger partial charge in [0.1, 0.15) is 17.1 Å². The number of hydrogen-bond acceptors (Lipinski definition) is 3. The van der Waals surface area contributed by atoms with Gasteiger partial charge in [-0.15, -0.1) is 0 Å². The van der Waals surface area contributed by atoms with Crippen LogP contribution in [-0.4, -0.2) is 12.6 Å². The maximum Gasteiger partial charge on any atom is 0.341 e. The molecule has 76 valence electrons. The number of rotatable bonds is 3. The molecule has 0 atom stereocenters. The molecular formula is C11H14O3. The summed E-state index contributed by atoms with van der Waals surface area (Å²) in [7, 11) is 0. The molecule has 0 aliphatic rings. The molecular weight excluding hydrogens is 180 g/mol. The van der Waals surface area contributed by atoms with Crippen LogP contribution in [-0.2, 0) is 4.74 Å². The molecule has 0 amide bonds. The van der Waals surface area contributed by atoms with Crippen molar-refractivity contribution in [2.24, 2.45) is 0 Å². The van der Waals surface area contributed by atoms with E-state index in [-0.39, 0.29) is 5.97 Å². The fourth-order valence-corrected chi connectivity index (χ4v) is 1.10. The number of carbonyl (C=O) groups is 1. The first kappa shape index (κ1) is 10.6. The Morgan fingerprint density at radius 3 is 2.71 bits per heavy atom. The predicted octanol–water partition coefficient (Wildman–Crippen LogP) is 2.80. The number of allylic oxidation sites excluding steroid dienone is 1. The molecule has 3 heteroatoms. The smallest absolute Gasteiger partial charge is 0.341 e. The summed E-state index contributed by atoms with van der Waals surface area (Å²) in [5, 5.41) is 0. The molecule has 0 aromatic carbocycles. The summed E-state index contributed by atoms with van der Waals surface area (Å²) in [4.78, 5) is 11.4. The van der Waals surface area contributed by atoms with E-state index in [2.05, 4.69) is 6.58 Å². The van der Waals surface area contributed by atoms with Crippen LogP contribution in [0.3, 0.4) is 0 Å². The van der Waals surface area contributed by atoms with Crippen LogP contribution in [0.1, 0.15) is 35.7 Å². The van der Waals surface area contributed by atoms with Gasteiger partial charge in [0.2, 0.25) is 0 Å². The van der Waals surface area contributed by atoms with Gasteiger partial charge in [0.15, 0.2) is 0 Å². The lowest BCUT2D eigenvalue weighted by Crippen LogP contribution is -2.04. The zero-order valence-electron chi connectivity index (χ0n) is 8.72. The molecule has 0 unspecified atom stereocenters. The van der Waals surface area contributed by atoms with E-state index in [1.165, 1.54) is 0 Å².